The van der Waals surface area contributed by atoms with Crippen LogP contribution in [0.4, 0.5) is 10.1 Å². The number of rotatable bonds is 5. The molecule has 11 heteroatoms. The van der Waals surface area contributed by atoms with Crippen LogP contribution >= 0.6 is 23.4 Å². The van der Waals surface area contributed by atoms with E-state index in [2.05, 4.69) is 25.7 Å². The van der Waals surface area contributed by atoms with E-state index >= 15 is 0 Å². The molecular formula is C14H13ClFN7OS. The summed E-state index contributed by atoms with van der Waals surface area (Å²) in [6.45, 7) is 1.86. The van der Waals surface area contributed by atoms with Gasteiger partial charge in [-0.1, -0.05) is 23.4 Å². The molecule has 3 aromatic rings. The summed E-state index contributed by atoms with van der Waals surface area (Å²) in [5.74, 6) is 5.52. The molecule has 4 N–H and O–H groups in total. The van der Waals surface area contributed by atoms with Gasteiger partial charge in [0, 0.05) is 11.4 Å². The minimum atomic E-state index is -0.550. The maximum Gasteiger partial charge on any atom is 0.234 e. The van der Waals surface area contributed by atoms with Crippen molar-refractivity contribution in [1.82, 2.24) is 25.1 Å². The fourth-order valence-corrected chi connectivity index (χ4v) is 2.82. The highest BCUT2D eigenvalue weighted by atomic mass is 35.5. The number of carbonyl (C=O) groups is 1. The zero-order valence-corrected chi connectivity index (χ0v) is 14.5. The monoisotopic (exact) mass is 381 g/mol. The quantitative estimate of drug-likeness (QED) is 0.461. The van der Waals surface area contributed by atoms with Gasteiger partial charge in [0.15, 0.2) is 0 Å². The molecule has 8 nitrogen and oxygen atoms in total. The van der Waals surface area contributed by atoms with Gasteiger partial charge in [-0.3, -0.25) is 9.89 Å². The van der Waals surface area contributed by atoms with Gasteiger partial charge in [-0.25, -0.2) is 9.07 Å². The van der Waals surface area contributed by atoms with Crippen molar-refractivity contribution in [2.24, 2.45) is 0 Å². The lowest BCUT2D eigenvalue weighted by Gasteiger charge is -2.06. The van der Waals surface area contributed by atoms with Gasteiger partial charge in [0.1, 0.15) is 11.5 Å². The number of anilines is 1. The smallest absolute Gasteiger partial charge is 0.234 e. The number of carbonyl (C=O) groups excluding carboxylic acids is 1. The van der Waals surface area contributed by atoms with Crippen LogP contribution in [0.1, 0.15) is 5.69 Å². The number of nitrogen functional groups attached to an aromatic ring is 1. The fraction of sp³-hybridized carbons (Fsp3) is 0.143. The maximum atomic E-state index is 13.1. The minimum absolute atomic E-state index is 0.0456. The molecule has 25 heavy (non-hydrogen) atoms. The summed E-state index contributed by atoms with van der Waals surface area (Å²) >= 11 is 6.79. The van der Waals surface area contributed by atoms with Crippen LogP contribution in [0.2, 0.25) is 5.02 Å². The van der Waals surface area contributed by atoms with Gasteiger partial charge in [0.05, 0.1) is 10.8 Å². The van der Waals surface area contributed by atoms with Crippen molar-refractivity contribution in [3.05, 3.63) is 40.8 Å². The molecule has 0 saturated carbocycles. The van der Waals surface area contributed by atoms with Gasteiger partial charge < -0.3 is 11.2 Å². The van der Waals surface area contributed by atoms with Gasteiger partial charge in [-0.2, -0.15) is 5.10 Å². The molecule has 0 saturated heterocycles. The number of aromatic amines is 1. The van der Waals surface area contributed by atoms with Gasteiger partial charge in [0.25, 0.3) is 0 Å². The van der Waals surface area contributed by atoms with E-state index in [1.807, 2.05) is 6.92 Å². The SMILES string of the molecule is Cc1cc(-c2nnc(SCC(=O)Nc3ccc(F)c(Cl)c3)n2N)n[nH]1. The first-order chi connectivity index (χ1) is 11.9. The second kappa shape index (κ2) is 7.11. The van der Waals surface area contributed by atoms with Gasteiger partial charge in [0.2, 0.25) is 16.9 Å². The summed E-state index contributed by atoms with van der Waals surface area (Å²) in [6, 6.07) is 5.72. The van der Waals surface area contributed by atoms with Crippen molar-refractivity contribution >= 4 is 35.0 Å². The second-order valence-corrected chi connectivity index (χ2v) is 6.43. The Labute approximate surface area is 150 Å². The lowest BCUT2D eigenvalue weighted by molar-refractivity contribution is -0.113. The Morgan fingerprint density at radius 1 is 1.44 bits per heavy atom. The van der Waals surface area contributed by atoms with E-state index in [0.29, 0.717) is 22.4 Å². The molecule has 1 aromatic carbocycles. The lowest BCUT2D eigenvalue weighted by atomic mass is 10.3. The molecule has 2 aromatic heterocycles. The topological polar surface area (TPSA) is 115 Å². The number of nitrogens with two attached hydrogens (primary N) is 1. The highest BCUT2D eigenvalue weighted by Crippen LogP contribution is 2.22. The fourth-order valence-electron chi connectivity index (χ4n) is 1.98. The number of aromatic nitrogens is 5. The molecule has 3 rings (SSSR count). The van der Waals surface area contributed by atoms with Crippen LogP contribution in [0.5, 0.6) is 0 Å². The first-order valence-electron chi connectivity index (χ1n) is 7.04. The highest BCUT2D eigenvalue weighted by Gasteiger charge is 2.16. The Balaban J connectivity index is 1.62. The second-order valence-electron chi connectivity index (χ2n) is 5.08. The molecule has 0 aliphatic carbocycles. The van der Waals surface area contributed by atoms with Crippen LogP contribution in [0.25, 0.3) is 11.5 Å². The lowest BCUT2D eigenvalue weighted by Crippen LogP contribution is -2.16. The van der Waals surface area contributed by atoms with Gasteiger partial charge >= 0.3 is 0 Å². The number of nitrogens with one attached hydrogen (secondary N) is 2. The van der Waals surface area contributed by atoms with Crippen molar-refractivity contribution in [3.63, 3.8) is 0 Å². The van der Waals surface area contributed by atoms with Gasteiger partial charge in [-0.15, -0.1) is 10.2 Å². The third-order valence-corrected chi connectivity index (χ3v) is 4.37. The van der Waals surface area contributed by atoms with Crippen LogP contribution in [0, 0.1) is 12.7 Å². The van der Waals surface area contributed by atoms with E-state index in [4.69, 9.17) is 17.4 Å². The number of halogens is 2. The summed E-state index contributed by atoms with van der Waals surface area (Å²) < 4.78 is 14.4. The first kappa shape index (κ1) is 17.2. The molecule has 1 amide bonds. The van der Waals surface area contributed by atoms with Crippen LogP contribution in [0.3, 0.4) is 0 Å². The van der Waals surface area contributed by atoms with Crippen LogP contribution in [0.15, 0.2) is 29.4 Å². The van der Waals surface area contributed by atoms with Crippen LogP contribution in [-0.2, 0) is 4.79 Å². The van der Waals surface area contributed by atoms with E-state index in [1.54, 1.807) is 6.07 Å². The molecule has 0 bridgehead atoms. The van der Waals surface area contributed by atoms with Crippen molar-refractivity contribution in [1.29, 1.82) is 0 Å². The summed E-state index contributed by atoms with van der Waals surface area (Å²) in [7, 11) is 0. The summed E-state index contributed by atoms with van der Waals surface area (Å²) in [4.78, 5) is 12.0. The Bertz CT molecular complexity index is 926. The third kappa shape index (κ3) is 3.91. The molecule has 0 radical (unpaired) electrons. The number of aryl methyl sites for hydroxylation is 1. The molecule has 0 aliphatic heterocycles. The Kier molecular flexibility index (Phi) is 4.91. The van der Waals surface area contributed by atoms with Crippen LogP contribution in [-0.4, -0.2) is 36.7 Å². The number of amides is 1. The Morgan fingerprint density at radius 3 is 2.92 bits per heavy atom. The third-order valence-electron chi connectivity index (χ3n) is 3.14. The number of hydrogen-bond acceptors (Lipinski definition) is 6. The molecule has 0 atom stereocenters. The molecule has 130 valence electrons. The standard InChI is InChI=1S/C14H13ClFN7OS/c1-7-4-11(20-19-7)13-21-22-14(23(13)17)25-6-12(24)18-8-2-3-10(16)9(15)5-8/h2-5H,6,17H2,1H3,(H,18,24)(H,19,20). The van der Waals surface area contributed by atoms with Crippen LogP contribution < -0.4 is 11.2 Å². The van der Waals surface area contributed by atoms with Crippen molar-refractivity contribution in [3.8, 4) is 11.5 Å². The number of benzene rings is 1. The predicted molar refractivity (Wildman–Crippen MR) is 93.3 cm³/mol. The van der Waals surface area contributed by atoms with Crippen molar-refractivity contribution in [2.75, 3.05) is 16.9 Å². The largest absolute Gasteiger partial charge is 0.335 e. The Hall–Kier alpha value is -2.59. The summed E-state index contributed by atoms with van der Waals surface area (Å²) in [5, 5.41) is 17.7. The molecule has 0 spiro atoms. The maximum absolute atomic E-state index is 13.1. The molecule has 0 unspecified atom stereocenters. The zero-order valence-electron chi connectivity index (χ0n) is 13.0. The number of H-pyrrole nitrogens is 1. The van der Waals surface area contributed by atoms with E-state index in [1.165, 1.54) is 22.9 Å². The first-order valence-corrected chi connectivity index (χ1v) is 8.41. The van der Waals surface area contributed by atoms with Crippen molar-refractivity contribution < 1.29 is 9.18 Å². The number of nitrogens with zero attached hydrogens (tertiary/aromatic N) is 4. The average Bonchev–Trinajstić information content (AvgIpc) is 3.15. The van der Waals surface area contributed by atoms with Crippen molar-refractivity contribution in [2.45, 2.75) is 12.1 Å². The Morgan fingerprint density at radius 2 is 2.24 bits per heavy atom. The normalized spacial score (nSPS) is 10.8. The van der Waals surface area contributed by atoms with Gasteiger partial charge in [-0.05, 0) is 31.2 Å². The molecule has 2 heterocycles. The van der Waals surface area contributed by atoms with E-state index in [-0.39, 0.29) is 16.7 Å². The molecule has 0 fully saturated rings. The summed E-state index contributed by atoms with van der Waals surface area (Å²) in [6.07, 6.45) is 0. The van der Waals surface area contributed by atoms with E-state index in [9.17, 15) is 9.18 Å². The average molecular weight is 382 g/mol. The predicted octanol–water partition coefficient (Wildman–Crippen LogP) is 2.21. The van der Waals surface area contributed by atoms with E-state index in [0.717, 1.165) is 17.5 Å². The molecular weight excluding hydrogens is 369 g/mol. The van der Waals surface area contributed by atoms with E-state index < -0.39 is 5.82 Å². The minimum Gasteiger partial charge on any atom is -0.335 e. The number of thioether (sulfide) groups is 1. The summed E-state index contributed by atoms with van der Waals surface area (Å²) in [5.41, 5.74) is 1.83. The molecule has 0 aliphatic rings. The zero-order chi connectivity index (χ0) is 18.0. The highest BCUT2D eigenvalue weighted by molar-refractivity contribution is 7.99. The number of hydrogen-bond donors (Lipinski definition) is 3.